The minimum atomic E-state index is -0.346. The lowest BCUT2D eigenvalue weighted by molar-refractivity contribution is 0.0505. The Kier molecular flexibility index (Phi) is 10.3. The second kappa shape index (κ2) is 13.2. The second-order valence-electron chi connectivity index (χ2n) is 8.44. The van der Waals surface area contributed by atoms with Crippen LogP contribution in [0.25, 0.3) is 0 Å². The van der Waals surface area contributed by atoms with E-state index in [0.29, 0.717) is 46.7 Å². The van der Waals surface area contributed by atoms with Crippen molar-refractivity contribution in [2.24, 2.45) is 0 Å². The first-order valence-corrected chi connectivity index (χ1v) is 12.5. The Morgan fingerprint density at radius 3 is 2.55 bits per heavy atom. The normalized spacial score (nSPS) is 15.6. The molecule has 180 valence electrons. The Hall–Kier alpha value is -1.82. The zero-order chi connectivity index (χ0) is 23.6. The molecule has 1 atom stereocenters. The second-order valence-corrected chi connectivity index (χ2v) is 9.26. The van der Waals surface area contributed by atoms with Crippen LogP contribution in [0, 0.1) is 5.82 Å². The van der Waals surface area contributed by atoms with Crippen LogP contribution >= 0.6 is 23.2 Å². The van der Waals surface area contributed by atoms with E-state index in [2.05, 4.69) is 6.92 Å². The maximum Gasteiger partial charge on any atom is 0.254 e. The van der Waals surface area contributed by atoms with Crippen molar-refractivity contribution in [3.8, 4) is 5.75 Å². The molecule has 4 nitrogen and oxygen atoms in total. The van der Waals surface area contributed by atoms with Gasteiger partial charge in [-0.1, -0.05) is 74.0 Å². The van der Waals surface area contributed by atoms with Gasteiger partial charge in [0.25, 0.3) is 5.91 Å². The van der Waals surface area contributed by atoms with Gasteiger partial charge in [0, 0.05) is 30.8 Å². The van der Waals surface area contributed by atoms with Gasteiger partial charge in [0.2, 0.25) is 0 Å². The van der Waals surface area contributed by atoms with E-state index in [9.17, 15) is 9.18 Å². The van der Waals surface area contributed by atoms with Gasteiger partial charge in [0.05, 0.1) is 22.8 Å². The molecule has 2 aromatic carbocycles. The maximum atomic E-state index is 14.3. The molecule has 1 amide bonds. The highest BCUT2D eigenvalue weighted by Gasteiger charge is 2.25. The minimum absolute atomic E-state index is 0.0676. The van der Waals surface area contributed by atoms with Gasteiger partial charge in [-0.2, -0.15) is 0 Å². The van der Waals surface area contributed by atoms with Crippen LogP contribution in [0.1, 0.15) is 67.8 Å². The molecule has 0 N–H and O–H groups in total. The number of halogens is 3. The third-order valence-corrected chi connectivity index (χ3v) is 6.36. The third kappa shape index (κ3) is 7.59. The van der Waals surface area contributed by atoms with Gasteiger partial charge in [0.15, 0.2) is 5.75 Å². The third-order valence-electron chi connectivity index (χ3n) is 5.79. The van der Waals surface area contributed by atoms with E-state index in [4.69, 9.17) is 32.7 Å². The van der Waals surface area contributed by atoms with E-state index in [-0.39, 0.29) is 24.4 Å². The predicted octanol–water partition coefficient (Wildman–Crippen LogP) is 7.30. The molecule has 7 heteroatoms. The fourth-order valence-electron chi connectivity index (χ4n) is 3.97. The first kappa shape index (κ1) is 25.8. The molecule has 2 aromatic rings. The molecule has 0 aromatic heterocycles. The summed E-state index contributed by atoms with van der Waals surface area (Å²) in [4.78, 5) is 15.0. The number of rotatable bonds is 12. The van der Waals surface area contributed by atoms with Crippen molar-refractivity contribution in [2.45, 2.75) is 64.5 Å². The fraction of sp³-hybridized carbons (Fsp3) is 0.500. The highest BCUT2D eigenvalue weighted by atomic mass is 35.5. The summed E-state index contributed by atoms with van der Waals surface area (Å²) in [5.41, 5.74) is 0.790. The molecule has 0 radical (unpaired) electrons. The number of unbranched alkanes of at least 4 members (excludes halogenated alkanes) is 4. The largest absolute Gasteiger partial charge is 0.490 e. The van der Waals surface area contributed by atoms with Crippen molar-refractivity contribution in [3.63, 3.8) is 0 Å². The van der Waals surface area contributed by atoms with E-state index in [1.807, 2.05) is 0 Å². The lowest BCUT2D eigenvalue weighted by atomic mass is 10.1. The number of benzene rings is 2. The number of carbonyl (C=O) groups is 1. The summed E-state index contributed by atoms with van der Waals surface area (Å²) in [5.74, 6) is -0.227. The zero-order valence-corrected chi connectivity index (χ0v) is 20.6. The van der Waals surface area contributed by atoms with Crippen LogP contribution in [0.5, 0.6) is 5.75 Å². The molecule has 1 fully saturated rings. The van der Waals surface area contributed by atoms with Crippen LogP contribution in [0.2, 0.25) is 10.0 Å². The van der Waals surface area contributed by atoms with Crippen molar-refractivity contribution >= 4 is 29.1 Å². The van der Waals surface area contributed by atoms with Gasteiger partial charge in [-0.15, -0.1) is 0 Å². The summed E-state index contributed by atoms with van der Waals surface area (Å²) in [5, 5.41) is 0.588. The number of nitrogens with zero attached hydrogens (tertiary/aromatic N) is 1. The number of carbonyl (C=O) groups excluding carboxylic acids is 1. The number of hydrogen-bond donors (Lipinski definition) is 0. The van der Waals surface area contributed by atoms with Gasteiger partial charge in [-0.25, -0.2) is 4.39 Å². The van der Waals surface area contributed by atoms with E-state index < -0.39 is 0 Å². The SMILES string of the molecule is CCCCCCCOc1c(Cl)cc(C(=O)N(Cc2ccccc2F)CC2CCCO2)cc1Cl. The van der Waals surface area contributed by atoms with Gasteiger partial charge < -0.3 is 14.4 Å². The Morgan fingerprint density at radius 1 is 1.15 bits per heavy atom. The van der Waals surface area contributed by atoms with Crippen LogP contribution in [0.4, 0.5) is 4.39 Å². The fourth-order valence-corrected chi connectivity index (χ4v) is 4.57. The number of ether oxygens (including phenoxy) is 2. The first-order valence-electron chi connectivity index (χ1n) is 11.8. The summed E-state index contributed by atoms with van der Waals surface area (Å²) in [6, 6.07) is 9.62. The smallest absolute Gasteiger partial charge is 0.254 e. The Labute approximate surface area is 206 Å². The Morgan fingerprint density at radius 2 is 1.88 bits per heavy atom. The molecule has 0 aliphatic carbocycles. The van der Waals surface area contributed by atoms with E-state index >= 15 is 0 Å². The molecule has 1 saturated heterocycles. The summed E-state index contributed by atoms with van der Waals surface area (Å²) in [6.07, 6.45) is 7.35. The highest BCUT2D eigenvalue weighted by Crippen LogP contribution is 2.35. The molecular weight excluding hydrogens is 464 g/mol. The Balaban J connectivity index is 1.72. The summed E-state index contributed by atoms with van der Waals surface area (Å²) < 4.78 is 25.8. The van der Waals surface area contributed by atoms with Crippen LogP contribution in [0.3, 0.4) is 0 Å². The van der Waals surface area contributed by atoms with Crippen molar-refractivity contribution < 1.29 is 18.7 Å². The lowest BCUT2D eigenvalue weighted by Crippen LogP contribution is -2.37. The van der Waals surface area contributed by atoms with Crippen LogP contribution in [-0.2, 0) is 11.3 Å². The van der Waals surface area contributed by atoms with Crippen molar-refractivity contribution in [3.05, 3.63) is 63.4 Å². The zero-order valence-electron chi connectivity index (χ0n) is 19.1. The quantitative estimate of drug-likeness (QED) is 0.290. The summed E-state index contributed by atoms with van der Waals surface area (Å²) in [7, 11) is 0. The predicted molar refractivity (Wildman–Crippen MR) is 131 cm³/mol. The summed E-state index contributed by atoms with van der Waals surface area (Å²) in [6.45, 7) is 3.88. The minimum Gasteiger partial charge on any atom is -0.490 e. The molecule has 1 aliphatic rings. The Bertz CT molecular complexity index is 895. The monoisotopic (exact) mass is 495 g/mol. The molecule has 1 heterocycles. The van der Waals surface area contributed by atoms with Crippen molar-refractivity contribution in [1.82, 2.24) is 4.90 Å². The van der Waals surface area contributed by atoms with Crippen LogP contribution in [0.15, 0.2) is 36.4 Å². The average molecular weight is 496 g/mol. The molecule has 1 aliphatic heterocycles. The van der Waals surface area contributed by atoms with Gasteiger partial charge in [-0.3, -0.25) is 4.79 Å². The first-order chi connectivity index (χ1) is 16.0. The molecule has 3 rings (SSSR count). The molecule has 0 bridgehead atoms. The van der Waals surface area contributed by atoms with Crippen molar-refractivity contribution in [1.29, 1.82) is 0 Å². The molecule has 1 unspecified atom stereocenters. The molecule has 0 saturated carbocycles. The van der Waals surface area contributed by atoms with E-state index in [1.54, 1.807) is 35.2 Å². The standard InChI is InChI=1S/C26H32Cl2FNO3/c1-2-3-4-5-8-13-33-25-22(27)15-20(16-23(25)28)26(31)30(18-21-11-9-14-32-21)17-19-10-6-7-12-24(19)29/h6-7,10,12,15-16,21H,2-5,8-9,11,13-14,17-18H2,1H3. The number of amides is 1. The summed E-state index contributed by atoms with van der Waals surface area (Å²) >= 11 is 12.9. The topological polar surface area (TPSA) is 38.8 Å². The van der Waals surface area contributed by atoms with Crippen molar-refractivity contribution in [2.75, 3.05) is 19.8 Å². The van der Waals surface area contributed by atoms with Gasteiger partial charge >= 0.3 is 0 Å². The molecule has 33 heavy (non-hydrogen) atoms. The van der Waals surface area contributed by atoms with Gasteiger partial charge in [0.1, 0.15) is 5.82 Å². The number of hydrogen-bond acceptors (Lipinski definition) is 3. The highest BCUT2D eigenvalue weighted by molar-refractivity contribution is 6.37. The lowest BCUT2D eigenvalue weighted by Gasteiger charge is -2.26. The molecule has 0 spiro atoms. The maximum absolute atomic E-state index is 14.3. The van der Waals surface area contributed by atoms with Crippen LogP contribution < -0.4 is 4.74 Å². The van der Waals surface area contributed by atoms with Gasteiger partial charge in [-0.05, 0) is 37.5 Å². The molecular formula is C26H32Cl2FNO3. The average Bonchev–Trinajstić information content (AvgIpc) is 3.31. The van der Waals surface area contributed by atoms with E-state index in [0.717, 1.165) is 25.7 Å². The van der Waals surface area contributed by atoms with Crippen LogP contribution in [-0.4, -0.2) is 36.7 Å². The van der Waals surface area contributed by atoms with E-state index in [1.165, 1.54) is 25.3 Å².